The Bertz CT molecular complexity index is 1190. The lowest BCUT2D eigenvalue weighted by Crippen LogP contribution is -2.50. The molecule has 0 amide bonds. The SMILES string of the molecule is CNC1(C)CCN(c2cnc(-c3cc(OCCN4CCOCC4)cn4ncc(C#N)c34)cn2)CC1. The van der Waals surface area contributed by atoms with Crippen molar-refractivity contribution in [2.24, 2.45) is 0 Å². The zero-order chi connectivity index (χ0) is 24.3. The van der Waals surface area contributed by atoms with Gasteiger partial charge in [0.2, 0.25) is 0 Å². The second-order valence-electron chi connectivity index (χ2n) is 9.41. The van der Waals surface area contributed by atoms with Gasteiger partial charge in [-0.15, -0.1) is 0 Å². The van der Waals surface area contributed by atoms with Crippen LogP contribution in [0.2, 0.25) is 0 Å². The van der Waals surface area contributed by atoms with Crippen molar-refractivity contribution in [1.82, 2.24) is 29.8 Å². The van der Waals surface area contributed by atoms with Crippen LogP contribution in [0.3, 0.4) is 0 Å². The van der Waals surface area contributed by atoms with Gasteiger partial charge in [-0.3, -0.25) is 9.88 Å². The normalized spacial score (nSPS) is 18.5. The number of ether oxygens (including phenoxy) is 2. The van der Waals surface area contributed by atoms with Crippen LogP contribution in [0.25, 0.3) is 16.8 Å². The Morgan fingerprint density at radius 2 is 1.94 bits per heavy atom. The molecule has 0 spiro atoms. The zero-order valence-corrected chi connectivity index (χ0v) is 20.4. The molecule has 10 heteroatoms. The van der Waals surface area contributed by atoms with Crippen LogP contribution in [-0.4, -0.2) is 89.6 Å². The third-order valence-corrected chi connectivity index (χ3v) is 7.20. The van der Waals surface area contributed by atoms with E-state index in [0.29, 0.717) is 29.1 Å². The quantitative estimate of drug-likeness (QED) is 0.548. The molecule has 3 aromatic heterocycles. The van der Waals surface area contributed by atoms with Gasteiger partial charge in [0.05, 0.1) is 54.8 Å². The number of piperidine rings is 1. The molecule has 0 aromatic carbocycles. The minimum absolute atomic E-state index is 0.174. The first-order valence-corrected chi connectivity index (χ1v) is 12.2. The Balaban J connectivity index is 1.36. The molecule has 10 nitrogen and oxygen atoms in total. The van der Waals surface area contributed by atoms with E-state index in [4.69, 9.17) is 19.4 Å². The molecule has 3 aromatic rings. The lowest BCUT2D eigenvalue weighted by atomic mass is 9.90. The van der Waals surface area contributed by atoms with E-state index in [9.17, 15) is 5.26 Å². The number of morpholine rings is 1. The largest absolute Gasteiger partial charge is 0.491 e. The average Bonchev–Trinajstić information content (AvgIpc) is 3.33. The van der Waals surface area contributed by atoms with Gasteiger partial charge in [-0.2, -0.15) is 10.4 Å². The maximum absolute atomic E-state index is 9.63. The molecule has 0 radical (unpaired) electrons. The summed E-state index contributed by atoms with van der Waals surface area (Å²) in [6.45, 7) is 8.89. The second-order valence-corrected chi connectivity index (χ2v) is 9.41. The van der Waals surface area contributed by atoms with Crippen LogP contribution in [0, 0.1) is 11.3 Å². The van der Waals surface area contributed by atoms with Crippen molar-refractivity contribution in [2.75, 3.05) is 64.5 Å². The van der Waals surface area contributed by atoms with Crippen molar-refractivity contribution in [3.8, 4) is 23.1 Å². The van der Waals surface area contributed by atoms with Gasteiger partial charge in [-0.05, 0) is 32.9 Å². The Kier molecular flexibility index (Phi) is 6.81. The van der Waals surface area contributed by atoms with Crippen LogP contribution in [0.1, 0.15) is 25.3 Å². The number of nitrogens with zero attached hydrogens (tertiary/aromatic N) is 7. The molecule has 0 unspecified atom stereocenters. The molecule has 0 bridgehead atoms. The summed E-state index contributed by atoms with van der Waals surface area (Å²) in [4.78, 5) is 14.1. The predicted octanol–water partition coefficient (Wildman–Crippen LogP) is 1.95. The van der Waals surface area contributed by atoms with E-state index in [1.165, 1.54) is 0 Å². The van der Waals surface area contributed by atoms with Crippen LogP contribution in [0.15, 0.2) is 30.9 Å². The molecule has 184 valence electrons. The zero-order valence-electron chi connectivity index (χ0n) is 20.4. The number of fused-ring (bicyclic) bond motifs is 1. The van der Waals surface area contributed by atoms with Gasteiger partial charge in [0, 0.05) is 43.8 Å². The van der Waals surface area contributed by atoms with Gasteiger partial charge in [-0.25, -0.2) is 9.50 Å². The van der Waals surface area contributed by atoms with E-state index < -0.39 is 0 Å². The van der Waals surface area contributed by atoms with Crippen LogP contribution < -0.4 is 15.0 Å². The van der Waals surface area contributed by atoms with Gasteiger partial charge >= 0.3 is 0 Å². The molecular formula is C25H32N8O2. The maximum Gasteiger partial charge on any atom is 0.147 e. The Morgan fingerprint density at radius 3 is 2.63 bits per heavy atom. The molecule has 5 rings (SSSR count). The molecular weight excluding hydrogens is 444 g/mol. The number of rotatable bonds is 7. The summed E-state index contributed by atoms with van der Waals surface area (Å²) in [5.41, 5.74) is 2.84. The van der Waals surface area contributed by atoms with Gasteiger partial charge in [0.15, 0.2) is 0 Å². The van der Waals surface area contributed by atoms with Crippen molar-refractivity contribution >= 4 is 11.3 Å². The van der Waals surface area contributed by atoms with E-state index in [-0.39, 0.29) is 5.54 Å². The Morgan fingerprint density at radius 1 is 1.14 bits per heavy atom. The van der Waals surface area contributed by atoms with Crippen LogP contribution in [0.4, 0.5) is 5.82 Å². The lowest BCUT2D eigenvalue weighted by molar-refractivity contribution is 0.0322. The fourth-order valence-corrected chi connectivity index (χ4v) is 4.67. The molecule has 2 aliphatic rings. The first-order valence-electron chi connectivity index (χ1n) is 12.2. The van der Waals surface area contributed by atoms with Crippen molar-refractivity contribution in [3.05, 3.63) is 36.4 Å². The van der Waals surface area contributed by atoms with Gasteiger partial charge in [0.1, 0.15) is 24.2 Å². The summed E-state index contributed by atoms with van der Waals surface area (Å²) in [6, 6.07) is 4.17. The van der Waals surface area contributed by atoms with Crippen molar-refractivity contribution in [3.63, 3.8) is 0 Å². The number of hydrogen-bond donors (Lipinski definition) is 1. The third-order valence-electron chi connectivity index (χ3n) is 7.20. The highest BCUT2D eigenvalue weighted by molar-refractivity contribution is 5.83. The Hall–Kier alpha value is -3.26. The number of aromatic nitrogens is 4. The number of anilines is 1. The number of pyridine rings is 1. The topological polar surface area (TPSA) is 104 Å². The predicted molar refractivity (Wildman–Crippen MR) is 133 cm³/mol. The summed E-state index contributed by atoms with van der Waals surface area (Å²) >= 11 is 0. The highest BCUT2D eigenvalue weighted by atomic mass is 16.5. The summed E-state index contributed by atoms with van der Waals surface area (Å²) < 4.78 is 13.2. The average molecular weight is 477 g/mol. The summed E-state index contributed by atoms with van der Waals surface area (Å²) in [5, 5.41) is 17.4. The number of nitriles is 1. The van der Waals surface area contributed by atoms with E-state index in [2.05, 4.69) is 33.2 Å². The van der Waals surface area contributed by atoms with E-state index in [1.807, 2.05) is 25.5 Å². The van der Waals surface area contributed by atoms with Gasteiger partial charge < -0.3 is 19.7 Å². The van der Waals surface area contributed by atoms with Gasteiger partial charge in [-0.1, -0.05) is 0 Å². The van der Waals surface area contributed by atoms with Crippen LogP contribution >= 0.6 is 0 Å². The van der Waals surface area contributed by atoms with Crippen molar-refractivity contribution in [1.29, 1.82) is 5.26 Å². The van der Waals surface area contributed by atoms with Gasteiger partial charge in [0.25, 0.3) is 0 Å². The fourth-order valence-electron chi connectivity index (χ4n) is 4.67. The Labute approximate surface area is 205 Å². The monoisotopic (exact) mass is 476 g/mol. The fraction of sp³-hybridized carbons (Fsp3) is 0.520. The summed E-state index contributed by atoms with van der Waals surface area (Å²) in [5.74, 6) is 1.55. The molecule has 0 atom stereocenters. The molecule has 35 heavy (non-hydrogen) atoms. The third kappa shape index (κ3) is 5.07. The number of hydrogen-bond acceptors (Lipinski definition) is 9. The molecule has 5 heterocycles. The van der Waals surface area contributed by atoms with Crippen LogP contribution in [0.5, 0.6) is 5.75 Å². The maximum atomic E-state index is 9.63. The summed E-state index contributed by atoms with van der Waals surface area (Å²) in [6.07, 6.45) is 9.10. The molecule has 2 saturated heterocycles. The van der Waals surface area contributed by atoms with Crippen molar-refractivity contribution in [2.45, 2.75) is 25.3 Å². The molecule has 0 aliphatic carbocycles. The minimum atomic E-state index is 0.174. The van der Waals surface area contributed by atoms with E-state index >= 15 is 0 Å². The van der Waals surface area contributed by atoms with E-state index in [0.717, 1.165) is 70.2 Å². The number of nitrogens with one attached hydrogen (secondary N) is 1. The minimum Gasteiger partial charge on any atom is -0.491 e. The highest BCUT2D eigenvalue weighted by Crippen LogP contribution is 2.31. The first kappa shape index (κ1) is 23.5. The standard InChI is InChI=1S/C25H32N8O2/c1-25(27-2)3-5-32(6-4-25)23-17-28-22(16-29-23)21-13-20(18-33-24(21)19(14-26)15-30-33)35-12-9-31-7-10-34-11-8-31/h13,15-18,27H,3-12H2,1-2H3. The smallest absolute Gasteiger partial charge is 0.147 e. The second kappa shape index (κ2) is 10.2. The first-order chi connectivity index (χ1) is 17.1. The van der Waals surface area contributed by atoms with E-state index in [1.54, 1.807) is 16.9 Å². The van der Waals surface area contributed by atoms with Crippen molar-refractivity contribution < 1.29 is 9.47 Å². The molecule has 2 fully saturated rings. The molecule has 1 N–H and O–H groups in total. The lowest BCUT2D eigenvalue weighted by Gasteiger charge is -2.39. The highest BCUT2D eigenvalue weighted by Gasteiger charge is 2.29. The molecule has 2 aliphatic heterocycles. The summed E-state index contributed by atoms with van der Waals surface area (Å²) in [7, 11) is 2.03. The van der Waals surface area contributed by atoms with Crippen LogP contribution in [-0.2, 0) is 4.74 Å². The molecule has 0 saturated carbocycles.